The van der Waals surface area contributed by atoms with Crippen molar-refractivity contribution in [2.75, 3.05) is 36.8 Å². The average Bonchev–Trinajstić information content (AvgIpc) is 3.55. The summed E-state index contributed by atoms with van der Waals surface area (Å²) in [6.07, 6.45) is 6.07. The van der Waals surface area contributed by atoms with Crippen LogP contribution >= 0.6 is 0 Å². The van der Waals surface area contributed by atoms with Gasteiger partial charge in [0.2, 0.25) is 5.91 Å². The Hall–Kier alpha value is -4.46. The Morgan fingerprint density at radius 2 is 2.08 bits per heavy atom. The largest absolute Gasteiger partial charge is 0.423 e. The third-order valence-corrected chi connectivity index (χ3v) is 6.70. The molecule has 182 valence electrons. The van der Waals surface area contributed by atoms with Gasteiger partial charge in [0, 0.05) is 38.4 Å². The number of aromatic nitrogens is 4. The van der Waals surface area contributed by atoms with Gasteiger partial charge in [0.15, 0.2) is 11.4 Å². The van der Waals surface area contributed by atoms with E-state index < -0.39 is 17.2 Å². The molecule has 2 saturated heterocycles. The van der Waals surface area contributed by atoms with Crippen molar-refractivity contribution >= 4 is 39.9 Å². The van der Waals surface area contributed by atoms with Gasteiger partial charge in [0.1, 0.15) is 29.1 Å². The van der Waals surface area contributed by atoms with Gasteiger partial charge in [0.25, 0.3) is 6.01 Å². The van der Waals surface area contributed by atoms with Crippen LogP contribution in [-0.2, 0) is 4.79 Å². The van der Waals surface area contributed by atoms with Crippen LogP contribution in [-0.4, -0.2) is 56.5 Å². The average molecular weight is 489 g/mol. The number of carbonyl (C=O) groups is 1. The summed E-state index contributed by atoms with van der Waals surface area (Å²) in [5.74, 6) is 3.81. The summed E-state index contributed by atoms with van der Waals surface area (Å²) < 4.78 is 37.5. The lowest BCUT2D eigenvalue weighted by Crippen LogP contribution is -2.37. The van der Waals surface area contributed by atoms with Crippen molar-refractivity contribution < 1.29 is 18.0 Å². The molecule has 2 aliphatic heterocycles. The number of fused-ring (bicyclic) bond motifs is 2. The number of amides is 1. The third kappa shape index (κ3) is 3.45. The summed E-state index contributed by atoms with van der Waals surface area (Å²) in [6, 6.07) is 1.30. The third-order valence-electron chi connectivity index (χ3n) is 6.70. The van der Waals surface area contributed by atoms with E-state index in [-0.39, 0.29) is 34.9 Å². The number of halogens is 2. The first kappa shape index (κ1) is 22.0. The van der Waals surface area contributed by atoms with Crippen molar-refractivity contribution in [2.24, 2.45) is 0 Å². The molecule has 0 unspecified atom stereocenters. The minimum Gasteiger partial charge on any atom is -0.423 e. The fourth-order valence-corrected chi connectivity index (χ4v) is 4.65. The molecule has 2 aliphatic rings. The highest BCUT2D eigenvalue weighted by Crippen LogP contribution is 2.32. The van der Waals surface area contributed by atoms with Crippen LogP contribution < -0.4 is 10.6 Å². The highest BCUT2D eigenvalue weighted by atomic mass is 19.1. The molecule has 2 fully saturated rings. The molecule has 36 heavy (non-hydrogen) atoms. The molecular formula is C25H21F2N7O2. The Balaban J connectivity index is 1.41. The molecule has 0 saturated carbocycles. The Kier molecular flexibility index (Phi) is 5.10. The SMILES string of the molecule is C=CC(=O)N1CC[C@H](n2cc(C#Cc3c(F)cc4oc(N5CCC5)nc4c3F)c3c(N)ncnc32)C1. The Bertz CT molecular complexity index is 1610. The van der Waals surface area contributed by atoms with Gasteiger partial charge >= 0.3 is 0 Å². The van der Waals surface area contributed by atoms with Crippen molar-refractivity contribution in [1.82, 2.24) is 24.4 Å². The van der Waals surface area contributed by atoms with E-state index in [0.29, 0.717) is 36.1 Å². The van der Waals surface area contributed by atoms with Crippen molar-refractivity contribution in [3.8, 4) is 11.8 Å². The van der Waals surface area contributed by atoms with Gasteiger partial charge in [-0.1, -0.05) is 18.4 Å². The van der Waals surface area contributed by atoms with Gasteiger partial charge in [-0.3, -0.25) is 4.79 Å². The summed E-state index contributed by atoms with van der Waals surface area (Å²) in [4.78, 5) is 28.2. The molecule has 1 amide bonds. The van der Waals surface area contributed by atoms with E-state index in [1.165, 1.54) is 12.4 Å². The molecule has 0 bridgehead atoms. The second kappa shape index (κ2) is 8.34. The predicted octanol–water partition coefficient (Wildman–Crippen LogP) is 3.00. The minimum absolute atomic E-state index is 0.0338. The van der Waals surface area contributed by atoms with Crippen LogP contribution in [0.2, 0.25) is 0 Å². The minimum atomic E-state index is -0.879. The zero-order valence-corrected chi connectivity index (χ0v) is 19.2. The molecule has 2 N–H and O–H groups in total. The normalized spacial score (nSPS) is 17.3. The summed E-state index contributed by atoms with van der Waals surface area (Å²) in [5, 5.41) is 0.488. The Morgan fingerprint density at radius 3 is 2.83 bits per heavy atom. The first-order valence-corrected chi connectivity index (χ1v) is 11.5. The number of nitrogen functional groups attached to an aromatic ring is 1. The van der Waals surface area contributed by atoms with E-state index in [2.05, 4.69) is 33.4 Å². The van der Waals surface area contributed by atoms with E-state index in [4.69, 9.17) is 10.2 Å². The summed E-state index contributed by atoms with van der Waals surface area (Å²) in [5.41, 5.74) is 6.66. The zero-order chi connectivity index (χ0) is 25.0. The maximum atomic E-state index is 15.2. The molecule has 0 radical (unpaired) electrons. The molecule has 5 heterocycles. The highest BCUT2D eigenvalue weighted by molar-refractivity contribution is 5.93. The maximum Gasteiger partial charge on any atom is 0.298 e. The number of benzene rings is 1. The number of hydrogen-bond acceptors (Lipinski definition) is 7. The predicted molar refractivity (Wildman–Crippen MR) is 129 cm³/mol. The number of oxazole rings is 1. The van der Waals surface area contributed by atoms with Gasteiger partial charge in [-0.15, -0.1) is 0 Å². The number of hydrogen-bond donors (Lipinski definition) is 1. The number of nitrogens with zero attached hydrogens (tertiary/aromatic N) is 6. The Labute approximate surface area is 204 Å². The van der Waals surface area contributed by atoms with Crippen LogP contribution in [0.15, 0.2) is 35.7 Å². The van der Waals surface area contributed by atoms with E-state index in [1.807, 2.05) is 9.47 Å². The quantitative estimate of drug-likeness (QED) is 0.348. The van der Waals surface area contributed by atoms with Crippen LogP contribution in [0.5, 0.6) is 0 Å². The van der Waals surface area contributed by atoms with Gasteiger partial charge < -0.3 is 24.5 Å². The van der Waals surface area contributed by atoms with Gasteiger partial charge in [-0.05, 0) is 18.9 Å². The van der Waals surface area contributed by atoms with Crippen LogP contribution in [0.4, 0.5) is 20.6 Å². The van der Waals surface area contributed by atoms with Crippen LogP contribution in [0.25, 0.3) is 22.1 Å². The first-order chi connectivity index (χ1) is 17.4. The van der Waals surface area contributed by atoms with Gasteiger partial charge in [0.05, 0.1) is 22.6 Å². The number of anilines is 2. The fourth-order valence-electron chi connectivity index (χ4n) is 4.65. The monoisotopic (exact) mass is 489 g/mol. The molecule has 6 rings (SSSR count). The lowest BCUT2D eigenvalue weighted by molar-refractivity contribution is -0.125. The van der Waals surface area contributed by atoms with Crippen LogP contribution in [0.3, 0.4) is 0 Å². The van der Waals surface area contributed by atoms with Crippen molar-refractivity contribution in [3.63, 3.8) is 0 Å². The molecule has 9 nitrogen and oxygen atoms in total. The topological polar surface area (TPSA) is 106 Å². The molecule has 0 spiro atoms. The van der Waals surface area contributed by atoms with Crippen molar-refractivity contribution in [3.05, 3.63) is 54.0 Å². The molecule has 1 aromatic carbocycles. The van der Waals surface area contributed by atoms with Crippen LogP contribution in [0, 0.1) is 23.5 Å². The maximum absolute atomic E-state index is 15.2. The second-order valence-electron chi connectivity index (χ2n) is 8.82. The summed E-state index contributed by atoms with van der Waals surface area (Å²) in [7, 11) is 0. The molecular weight excluding hydrogens is 468 g/mol. The fraction of sp³-hybridized carbons (Fsp3) is 0.280. The highest BCUT2D eigenvalue weighted by Gasteiger charge is 2.28. The standard InChI is InChI=1S/C25H21F2N7O2/c1-2-19(35)33-9-6-15(12-33)34-11-14(20-23(28)29-13-30-24(20)34)4-5-16-17(26)10-18-22(21(16)27)31-25(36-18)32-7-3-8-32/h2,10-11,13,15H,1,3,6-9,12H2,(H2,28,29,30)/t15-/m0/s1. The lowest BCUT2D eigenvalue weighted by atomic mass is 10.1. The zero-order valence-electron chi connectivity index (χ0n) is 19.2. The summed E-state index contributed by atoms with van der Waals surface area (Å²) in [6.45, 7) is 6.11. The first-order valence-electron chi connectivity index (χ1n) is 11.5. The summed E-state index contributed by atoms with van der Waals surface area (Å²) >= 11 is 0. The number of nitrogens with two attached hydrogens (primary N) is 1. The van der Waals surface area contributed by atoms with Crippen LogP contribution in [0.1, 0.15) is 30.0 Å². The van der Waals surface area contributed by atoms with E-state index in [1.54, 1.807) is 11.1 Å². The number of carbonyl (C=O) groups excluding carboxylic acids is 1. The van der Waals surface area contributed by atoms with Crippen molar-refractivity contribution in [1.29, 1.82) is 0 Å². The molecule has 11 heteroatoms. The van der Waals surface area contributed by atoms with Crippen molar-refractivity contribution in [2.45, 2.75) is 18.9 Å². The molecule has 3 aromatic heterocycles. The van der Waals surface area contributed by atoms with E-state index >= 15 is 4.39 Å². The smallest absolute Gasteiger partial charge is 0.298 e. The van der Waals surface area contributed by atoms with Gasteiger partial charge in [-0.25, -0.2) is 18.7 Å². The molecule has 4 aromatic rings. The van der Waals surface area contributed by atoms with Gasteiger partial charge in [-0.2, -0.15) is 4.98 Å². The number of rotatable bonds is 3. The lowest BCUT2D eigenvalue weighted by Gasteiger charge is -2.28. The van der Waals surface area contributed by atoms with E-state index in [9.17, 15) is 9.18 Å². The molecule has 1 atom stereocenters. The second-order valence-corrected chi connectivity index (χ2v) is 8.82. The Morgan fingerprint density at radius 1 is 1.25 bits per heavy atom. The van der Waals surface area contributed by atoms with E-state index in [0.717, 1.165) is 25.6 Å². The molecule has 0 aliphatic carbocycles. The number of likely N-dealkylation sites (tertiary alicyclic amines) is 1.